The second kappa shape index (κ2) is 4.42. The molecule has 0 N–H and O–H groups in total. The summed E-state index contributed by atoms with van der Waals surface area (Å²) in [6.07, 6.45) is 3.50. The third-order valence-corrected chi connectivity index (χ3v) is 3.83. The molecule has 0 saturated heterocycles. The fourth-order valence-corrected chi connectivity index (χ4v) is 2.80. The molecule has 0 spiro atoms. The Kier molecular flexibility index (Phi) is 2.57. The molecule has 0 radical (unpaired) electrons. The van der Waals surface area contributed by atoms with Crippen LogP contribution in [-0.4, -0.2) is 14.5 Å². The van der Waals surface area contributed by atoms with Crippen molar-refractivity contribution in [2.75, 3.05) is 0 Å². The maximum atomic E-state index is 4.47. The Balaban J connectivity index is 2.17. The standard InChI is InChI=1S/C16H10BrN3/c17-15-9-19-16(10-18-15)20-13-7-3-1-5-11(13)12-6-2-4-8-14(12)20/h1-10H. The SMILES string of the molecule is Brc1cnc(-n2c3ccccc3c3ccccc32)cn1. The van der Waals surface area contributed by atoms with E-state index in [-0.39, 0.29) is 0 Å². The molecule has 0 unspecified atom stereocenters. The molecule has 0 amide bonds. The van der Waals surface area contributed by atoms with Gasteiger partial charge in [0.25, 0.3) is 0 Å². The summed E-state index contributed by atoms with van der Waals surface area (Å²) < 4.78 is 2.88. The highest BCUT2D eigenvalue weighted by atomic mass is 79.9. The minimum absolute atomic E-state index is 0.738. The lowest BCUT2D eigenvalue weighted by Crippen LogP contribution is -1.97. The fraction of sp³-hybridized carbons (Fsp3) is 0. The molecule has 0 aliphatic carbocycles. The zero-order valence-electron chi connectivity index (χ0n) is 10.5. The number of para-hydroxylation sites is 2. The molecule has 3 nitrogen and oxygen atoms in total. The van der Waals surface area contributed by atoms with E-state index in [4.69, 9.17) is 0 Å². The largest absolute Gasteiger partial charge is 0.293 e. The van der Waals surface area contributed by atoms with Crippen LogP contribution in [0.2, 0.25) is 0 Å². The molecule has 0 atom stereocenters. The highest BCUT2D eigenvalue weighted by Crippen LogP contribution is 2.30. The molecule has 2 aromatic heterocycles. The molecule has 0 bridgehead atoms. The Morgan fingerprint density at radius 3 is 1.90 bits per heavy atom. The van der Waals surface area contributed by atoms with Crippen molar-refractivity contribution in [1.82, 2.24) is 14.5 Å². The van der Waals surface area contributed by atoms with Crippen LogP contribution in [0, 0.1) is 0 Å². The van der Waals surface area contributed by atoms with Gasteiger partial charge in [-0.05, 0) is 28.1 Å². The van der Waals surface area contributed by atoms with Crippen LogP contribution < -0.4 is 0 Å². The number of hydrogen-bond donors (Lipinski definition) is 0. The summed E-state index contributed by atoms with van der Waals surface area (Å²) in [6.45, 7) is 0. The second-order valence-electron chi connectivity index (χ2n) is 4.57. The van der Waals surface area contributed by atoms with Gasteiger partial charge in [-0.25, -0.2) is 9.97 Å². The minimum Gasteiger partial charge on any atom is -0.293 e. The Morgan fingerprint density at radius 2 is 1.35 bits per heavy atom. The number of fused-ring (bicyclic) bond motifs is 3. The van der Waals surface area contributed by atoms with E-state index in [2.05, 4.69) is 66.9 Å². The molecule has 2 aromatic carbocycles. The number of nitrogens with zero attached hydrogens (tertiary/aromatic N) is 3. The highest BCUT2D eigenvalue weighted by Gasteiger charge is 2.11. The van der Waals surface area contributed by atoms with Crippen LogP contribution in [0.15, 0.2) is 65.5 Å². The predicted octanol–water partition coefficient (Wildman–Crippen LogP) is 4.34. The van der Waals surface area contributed by atoms with Crippen molar-refractivity contribution < 1.29 is 0 Å². The first kappa shape index (κ1) is 11.6. The molecule has 0 saturated carbocycles. The average molecular weight is 324 g/mol. The van der Waals surface area contributed by atoms with Gasteiger partial charge >= 0.3 is 0 Å². The number of benzene rings is 2. The lowest BCUT2D eigenvalue weighted by Gasteiger charge is -2.05. The Labute approximate surface area is 124 Å². The van der Waals surface area contributed by atoms with Crippen molar-refractivity contribution >= 4 is 37.7 Å². The van der Waals surface area contributed by atoms with Crippen molar-refractivity contribution in [2.24, 2.45) is 0 Å². The number of hydrogen-bond acceptors (Lipinski definition) is 2. The molecule has 0 fully saturated rings. The van der Waals surface area contributed by atoms with Gasteiger partial charge in [-0.1, -0.05) is 36.4 Å². The number of halogens is 1. The van der Waals surface area contributed by atoms with Crippen molar-refractivity contribution in [2.45, 2.75) is 0 Å². The molecule has 96 valence electrons. The summed E-state index contributed by atoms with van der Waals surface area (Å²) in [4.78, 5) is 8.76. The van der Waals surface area contributed by atoms with Gasteiger partial charge < -0.3 is 0 Å². The Bertz CT molecular complexity index is 857. The van der Waals surface area contributed by atoms with Crippen molar-refractivity contribution in [3.05, 3.63) is 65.5 Å². The summed E-state index contributed by atoms with van der Waals surface area (Å²) >= 11 is 3.33. The quantitative estimate of drug-likeness (QED) is 0.521. The first-order chi connectivity index (χ1) is 9.84. The fourth-order valence-electron chi connectivity index (χ4n) is 2.59. The summed E-state index contributed by atoms with van der Waals surface area (Å²) in [5.74, 6) is 0.825. The topological polar surface area (TPSA) is 30.7 Å². The zero-order chi connectivity index (χ0) is 13.5. The predicted molar refractivity (Wildman–Crippen MR) is 84.1 cm³/mol. The molecule has 0 aliphatic rings. The summed E-state index contributed by atoms with van der Waals surface area (Å²) in [6, 6.07) is 16.7. The van der Waals surface area contributed by atoms with Crippen molar-refractivity contribution in [1.29, 1.82) is 0 Å². The van der Waals surface area contributed by atoms with Crippen LogP contribution in [0.5, 0.6) is 0 Å². The monoisotopic (exact) mass is 323 g/mol. The van der Waals surface area contributed by atoms with Crippen LogP contribution in [0.25, 0.3) is 27.6 Å². The summed E-state index contributed by atoms with van der Waals surface area (Å²) in [5, 5.41) is 2.46. The average Bonchev–Trinajstić information content (AvgIpc) is 2.83. The molecule has 2 heterocycles. The van der Waals surface area contributed by atoms with Crippen molar-refractivity contribution in [3.63, 3.8) is 0 Å². The van der Waals surface area contributed by atoms with Gasteiger partial charge in [-0.3, -0.25) is 4.57 Å². The van der Waals surface area contributed by atoms with Gasteiger partial charge in [0.15, 0.2) is 5.82 Å². The normalized spacial score (nSPS) is 11.2. The maximum Gasteiger partial charge on any atom is 0.156 e. The van der Waals surface area contributed by atoms with E-state index < -0.39 is 0 Å². The molecule has 4 rings (SSSR count). The van der Waals surface area contributed by atoms with E-state index >= 15 is 0 Å². The molecule has 20 heavy (non-hydrogen) atoms. The smallest absolute Gasteiger partial charge is 0.156 e. The van der Waals surface area contributed by atoms with E-state index in [1.54, 1.807) is 12.4 Å². The number of rotatable bonds is 1. The van der Waals surface area contributed by atoms with Crippen LogP contribution in [0.1, 0.15) is 0 Å². The van der Waals surface area contributed by atoms with Crippen LogP contribution in [0.3, 0.4) is 0 Å². The summed E-state index contributed by atoms with van der Waals surface area (Å²) in [7, 11) is 0. The van der Waals surface area contributed by atoms with Crippen molar-refractivity contribution in [3.8, 4) is 5.82 Å². The van der Waals surface area contributed by atoms with Gasteiger partial charge in [-0.2, -0.15) is 0 Å². The second-order valence-corrected chi connectivity index (χ2v) is 5.38. The van der Waals surface area contributed by atoms with E-state index in [9.17, 15) is 0 Å². The number of aromatic nitrogens is 3. The first-order valence-electron chi connectivity index (χ1n) is 6.31. The first-order valence-corrected chi connectivity index (χ1v) is 7.10. The molecular weight excluding hydrogens is 314 g/mol. The highest BCUT2D eigenvalue weighted by molar-refractivity contribution is 9.10. The van der Waals surface area contributed by atoms with Crippen LogP contribution >= 0.6 is 15.9 Å². The van der Waals surface area contributed by atoms with Crippen LogP contribution in [-0.2, 0) is 0 Å². The van der Waals surface area contributed by atoms with E-state index in [0.717, 1.165) is 21.5 Å². The van der Waals surface area contributed by atoms with E-state index in [0.29, 0.717) is 0 Å². The molecule has 4 heteroatoms. The molecule has 0 aliphatic heterocycles. The van der Waals surface area contributed by atoms with Crippen LogP contribution in [0.4, 0.5) is 0 Å². The van der Waals surface area contributed by atoms with Gasteiger partial charge in [-0.15, -0.1) is 0 Å². The zero-order valence-corrected chi connectivity index (χ0v) is 12.1. The lowest BCUT2D eigenvalue weighted by atomic mass is 10.2. The maximum absolute atomic E-state index is 4.47. The minimum atomic E-state index is 0.738. The van der Waals surface area contributed by atoms with E-state index in [1.807, 2.05) is 12.1 Å². The summed E-state index contributed by atoms with van der Waals surface area (Å²) in [5.41, 5.74) is 2.29. The molecular formula is C16H10BrN3. The van der Waals surface area contributed by atoms with Gasteiger partial charge in [0.1, 0.15) is 4.60 Å². The third-order valence-electron chi connectivity index (χ3n) is 3.42. The van der Waals surface area contributed by atoms with Gasteiger partial charge in [0, 0.05) is 10.8 Å². The van der Waals surface area contributed by atoms with Gasteiger partial charge in [0.2, 0.25) is 0 Å². The van der Waals surface area contributed by atoms with E-state index in [1.165, 1.54) is 10.8 Å². The third kappa shape index (κ3) is 1.65. The lowest BCUT2D eigenvalue weighted by molar-refractivity contribution is 1.03. The molecule has 4 aromatic rings. The Morgan fingerprint density at radius 1 is 0.750 bits per heavy atom. The Hall–Kier alpha value is -2.20. The van der Waals surface area contributed by atoms with Gasteiger partial charge in [0.05, 0.1) is 23.4 Å².